The molecule has 3 nitrogen and oxygen atoms in total. The molecule has 2 rings (SSSR count). The fourth-order valence-electron chi connectivity index (χ4n) is 1.93. The van der Waals surface area contributed by atoms with Crippen LogP contribution in [0, 0.1) is 5.82 Å². The first-order valence-corrected chi connectivity index (χ1v) is 6.46. The van der Waals surface area contributed by atoms with E-state index in [0.29, 0.717) is 11.5 Å². The molecule has 0 aliphatic heterocycles. The maximum Gasteiger partial charge on any atom is 0.251 e. The number of halogens is 1. The third kappa shape index (κ3) is 3.20. The van der Waals surface area contributed by atoms with Crippen LogP contribution in [0.4, 0.5) is 4.39 Å². The summed E-state index contributed by atoms with van der Waals surface area (Å²) in [7, 11) is 0. The van der Waals surface area contributed by atoms with Crippen LogP contribution in [0.15, 0.2) is 47.4 Å². The third-order valence-electron chi connectivity index (χ3n) is 3.16. The van der Waals surface area contributed by atoms with Crippen LogP contribution in [0.3, 0.4) is 0 Å². The maximum atomic E-state index is 13.1. The molecule has 0 bridgehead atoms. The SMILES string of the molecule is CC(C)c1ccc(C(=O)Cn2cc(F)ccc2=O)cc1. The first-order valence-electron chi connectivity index (χ1n) is 6.46. The molecule has 4 heteroatoms. The summed E-state index contributed by atoms with van der Waals surface area (Å²) < 4.78 is 14.1. The van der Waals surface area contributed by atoms with Crippen molar-refractivity contribution < 1.29 is 9.18 Å². The lowest BCUT2D eigenvalue weighted by Crippen LogP contribution is -2.23. The Morgan fingerprint density at radius 3 is 2.40 bits per heavy atom. The van der Waals surface area contributed by atoms with Gasteiger partial charge in [0.1, 0.15) is 5.82 Å². The summed E-state index contributed by atoms with van der Waals surface area (Å²) in [5.41, 5.74) is 1.27. The standard InChI is InChI=1S/C16H16FNO2/c1-11(2)12-3-5-13(6-4-12)15(19)10-18-9-14(17)7-8-16(18)20/h3-9,11H,10H2,1-2H3. The van der Waals surface area contributed by atoms with E-state index >= 15 is 0 Å². The Balaban J connectivity index is 2.19. The van der Waals surface area contributed by atoms with Crippen molar-refractivity contribution in [2.24, 2.45) is 0 Å². The molecule has 0 saturated heterocycles. The Hall–Kier alpha value is -2.23. The summed E-state index contributed by atoms with van der Waals surface area (Å²) in [5, 5.41) is 0. The number of carbonyl (C=O) groups is 1. The number of ketones is 1. The molecule has 0 N–H and O–H groups in total. The van der Waals surface area contributed by atoms with Gasteiger partial charge in [0.15, 0.2) is 5.78 Å². The minimum atomic E-state index is -0.535. The van der Waals surface area contributed by atoms with Crippen molar-refractivity contribution >= 4 is 5.78 Å². The molecule has 0 unspecified atom stereocenters. The lowest BCUT2D eigenvalue weighted by atomic mass is 10.0. The van der Waals surface area contributed by atoms with Gasteiger partial charge < -0.3 is 4.57 Å². The van der Waals surface area contributed by atoms with Crippen LogP contribution in [-0.2, 0) is 6.54 Å². The van der Waals surface area contributed by atoms with Gasteiger partial charge in [0.25, 0.3) is 5.56 Å². The number of carbonyl (C=O) groups excluding carboxylic acids is 1. The van der Waals surface area contributed by atoms with E-state index in [0.717, 1.165) is 28.5 Å². The number of hydrogen-bond acceptors (Lipinski definition) is 2. The minimum Gasteiger partial charge on any atom is -0.305 e. The van der Waals surface area contributed by atoms with E-state index in [-0.39, 0.29) is 12.3 Å². The van der Waals surface area contributed by atoms with Gasteiger partial charge in [0.05, 0.1) is 6.54 Å². The fourth-order valence-corrected chi connectivity index (χ4v) is 1.93. The first-order chi connectivity index (χ1) is 9.47. The monoisotopic (exact) mass is 273 g/mol. The summed E-state index contributed by atoms with van der Waals surface area (Å²) in [6, 6.07) is 9.47. The van der Waals surface area contributed by atoms with E-state index in [9.17, 15) is 14.0 Å². The molecule has 0 spiro atoms. The molecule has 2 aromatic rings. The lowest BCUT2D eigenvalue weighted by Gasteiger charge is -2.07. The number of rotatable bonds is 4. The molecular weight excluding hydrogens is 257 g/mol. The van der Waals surface area contributed by atoms with Crippen LogP contribution in [0.5, 0.6) is 0 Å². The molecule has 0 atom stereocenters. The Morgan fingerprint density at radius 1 is 1.15 bits per heavy atom. The van der Waals surface area contributed by atoms with Crippen LogP contribution in [0.1, 0.15) is 35.7 Å². The number of benzene rings is 1. The van der Waals surface area contributed by atoms with Gasteiger partial charge in [0.2, 0.25) is 0 Å². The van der Waals surface area contributed by atoms with E-state index < -0.39 is 11.4 Å². The van der Waals surface area contributed by atoms with Gasteiger partial charge in [0, 0.05) is 17.8 Å². The number of pyridine rings is 1. The van der Waals surface area contributed by atoms with E-state index in [2.05, 4.69) is 13.8 Å². The molecular formula is C16H16FNO2. The summed E-state index contributed by atoms with van der Waals surface area (Å²) in [4.78, 5) is 23.6. The van der Waals surface area contributed by atoms with E-state index in [4.69, 9.17) is 0 Å². The average Bonchev–Trinajstić information content (AvgIpc) is 2.43. The van der Waals surface area contributed by atoms with Crippen molar-refractivity contribution in [2.45, 2.75) is 26.3 Å². The van der Waals surface area contributed by atoms with Gasteiger partial charge in [-0.25, -0.2) is 4.39 Å². The van der Waals surface area contributed by atoms with Crippen LogP contribution in [-0.4, -0.2) is 10.4 Å². The molecule has 0 fully saturated rings. The van der Waals surface area contributed by atoms with Crippen molar-refractivity contribution in [1.82, 2.24) is 4.57 Å². The van der Waals surface area contributed by atoms with Crippen LogP contribution in [0.25, 0.3) is 0 Å². The minimum absolute atomic E-state index is 0.155. The highest BCUT2D eigenvalue weighted by Gasteiger charge is 2.09. The number of nitrogens with zero attached hydrogens (tertiary/aromatic N) is 1. The van der Waals surface area contributed by atoms with E-state index in [1.807, 2.05) is 12.1 Å². The van der Waals surface area contributed by atoms with Gasteiger partial charge in [-0.3, -0.25) is 9.59 Å². The summed E-state index contributed by atoms with van der Waals surface area (Å²) in [6.07, 6.45) is 1.04. The quantitative estimate of drug-likeness (QED) is 0.803. The smallest absolute Gasteiger partial charge is 0.251 e. The van der Waals surface area contributed by atoms with E-state index in [1.165, 1.54) is 0 Å². The van der Waals surface area contributed by atoms with E-state index in [1.54, 1.807) is 12.1 Å². The average molecular weight is 273 g/mol. The second-order valence-electron chi connectivity index (χ2n) is 5.01. The van der Waals surface area contributed by atoms with Gasteiger partial charge in [-0.1, -0.05) is 38.1 Å². The van der Waals surface area contributed by atoms with Gasteiger partial charge in [-0.15, -0.1) is 0 Å². The molecule has 1 aromatic carbocycles. The molecule has 0 amide bonds. The largest absolute Gasteiger partial charge is 0.305 e. The zero-order chi connectivity index (χ0) is 14.7. The molecule has 1 aromatic heterocycles. The molecule has 0 aliphatic rings. The molecule has 20 heavy (non-hydrogen) atoms. The number of aromatic nitrogens is 1. The predicted octanol–water partition coefficient (Wildman–Crippen LogP) is 2.99. The predicted molar refractivity (Wildman–Crippen MR) is 75.5 cm³/mol. The highest BCUT2D eigenvalue weighted by molar-refractivity contribution is 5.95. The highest BCUT2D eigenvalue weighted by Crippen LogP contribution is 2.15. The summed E-state index contributed by atoms with van der Waals surface area (Å²) in [6.45, 7) is 3.99. The molecule has 104 valence electrons. The zero-order valence-electron chi connectivity index (χ0n) is 11.5. The summed E-state index contributed by atoms with van der Waals surface area (Å²) in [5.74, 6) is -0.356. The number of Topliss-reactive ketones (excluding diaryl/α,β-unsaturated/α-hetero) is 1. The first kappa shape index (κ1) is 14.2. The lowest BCUT2D eigenvalue weighted by molar-refractivity contribution is 0.0970. The van der Waals surface area contributed by atoms with Crippen LogP contribution in [0.2, 0.25) is 0 Å². The molecule has 0 saturated carbocycles. The Kier molecular flexibility index (Phi) is 4.13. The normalized spacial score (nSPS) is 10.8. The topological polar surface area (TPSA) is 39.1 Å². The van der Waals surface area contributed by atoms with Crippen LogP contribution < -0.4 is 5.56 Å². The molecule has 0 aliphatic carbocycles. The molecule has 1 heterocycles. The Labute approximate surface area is 116 Å². The molecule has 0 radical (unpaired) electrons. The maximum absolute atomic E-state index is 13.1. The summed E-state index contributed by atoms with van der Waals surface area (Å²) >= 11 is 0. The van der Waals surface area contributed by atoms with Gasteiger partial charge in [-0.2, -0.15) is 0 Å². The van der Waals surface area contributed by atoms with Crippen molar-refractivity contribution in [3.63, 3.8) is 0 Å². The highest BCUT2D eigenvalue weighted by atomic mass is 19.1. The van der Waals surface area contributed by atoms with Gasteiger partial charge in [-0.05, 0) is 17.5 Å². The van der Waals surface area contributed by atoms with Gasteiger partial charge >= 0.3 is 0 Å². The second-order valence-corrected chi connectivity index (χ2v) is 5.01. The van der Waals surface area contributed by atoms with Crippen molar-refractivity contribution in [2.75, 3.05) is 0 Å². The van der Waals surface area contributed by atoms with Crippen LogP contribution >= 0.6 is 0 Å². The number of hydrogen-bond donors (Lipinski definition) is 0. The second kappa shape index (κ2) is 5.82. The third-order valence-corrected chi connectivity index (χ3v) is 3.16. The van der Waals surface area contributed by atoms with Crippen molar-refractivity contribution in [1.29, 1.82) is 0 Å². The Morgan fingerprint density at radius 2 is 1.80 bits per heavy atom. The van der Waals surface area contributed by atoms with Crippen molar-refractivity contribution in [3.8, 4) is 0 Å². The zero-order valence-corrected chi connectivity index (χ0v) is 11.5. The fraction of sp³-hybridized carbons (Fsp3) is 0.250. The van der Waals surface area contributed by atoms with Crippen molar-refractivity contribution in [3.05, 3.63) is 69.9 Å². The Bertz CT molecular complexity index is 672.